The zero-order chi connectivity index (χ0) is 8.97. The van der Waals surface area contributed by atoms with E-state index in [4.69, 9.17) is 5.26 Å². The zero-order valence-electron chi connectivity index (χ0n) is 6.04. The van der Waals surface area contributed by atoms with E-state index in [1.54, 1.807) is 6.07 Å². The van der Waals surface area contributed by atoms with E-state index in [1.807, 2.05) is 0 Å². The molecule has 0 aliphatic heterocycles. The molecule has 0 unspecified atom stereocenters. The Bertz CT molecular complexity index is 306. The molecule has 0 aliphatic rings. The van der Waals surface area contributed by atoms with Crippen LogP contribution in [0, 0.1) is 11.3 Å². The summed E-state index contributed by atoms with van der Waals surface area (Å²) in [6, 6.07) is 1.74. The lowest BCUT2D eigenvalue weighted by Crippen LogP contribution is -1.99. The van der Waals surface area contributed by atoms with E-state index in [9.17, 15) is 8.78 Å². The van der Waals surface area contributed by atoms with E-state index in [1.165, 1.54) is 12.4 Å². The summed E-state index contributed by atoms with van der Waals surface area (Å²) in [6.07, 6.45) is -0.323. The zero-order valence-corrected chi connectivity index (χ0v) is 6.04. The van der Waals surface area contributed by atoms with Gasteiger partial charge in [-0.3, -0.25) is 9.97 Å². The number of aromatic nitrogens is 2. The molecule has 1 aromatic heterocycles. The number of hydrogen-bond donors (Lipinski definition) is 0. The SMILES string of the molecule is N#CCc1nccnc1C(F)F. The number of nitrogens with zero attached hydrogens (tertiary/aromatic N) is 3. The molecule has 0 radical (unpaired) electrons. The van der Waals surface area contributed by atoms with Gasteiger partial charge in [-0.1, -0.05) is 0 Å². The highest BCUT2D eigenvalue weighted by atomic mass is 19.3. The van der Waals surface area contributed by atoms with Gasteiger partial charge in [0.1, 0.15) is 5.69 Å². The van der Waals surface area contributed by atoms with E-state index in [0.717, 1.165) is 0 Å². The smallest absolute Gasteiger partial charge is 0.256 e. The van der Waals surface area contributed by atoms with Gasteiger partial charge in [0, 0.05) is 12.4 Å². The van der Waals surface area contributed by atoms with Crippen LogP contribution in [0.5, 0.6) is 0 Å². The number of hydrogen-bond acceptors (Lipinski definition) is 3. The molecule has 3 nitrogen and oxygen atoms in total. The molecule has 1 heterocycles. The Morgan fingerprint density at radius 3 is 2.67 bits per heavy atom. The van der Waals surface area contributed by atoms with Crippen molar-refractivity contribution in [2.24, 2.45) is 0 Å². The van der Waals surface area contributed by atoms with Crippen LogP contribution in [0.1, 0.15) is 17.8 Å². The van der Waals surface area contributed by atoms with Crippen molar-refractivity contribution in [3.63, 3.8) is 0 Å². The minimum absolute atomic E-state index is 0.0509. The van der Waals surface area contributed by atoms with Gasteiger partial charge in [0.15, 0.2) is 0 Å². The maximum absolute atomic E-state index is 12.1. The minimum Gasteiger partial charge on any atom is -0.256 e. The highest BCUT2D eigenvalue weighted by molar-refractivity contribution is 5.15. The topological polar surface area (TPSA) is 49.6 Å². The van der Waals surface area contributed by atoms with Crippen molar-refractivity contribution in [3.05, 3.63) is 23.8 Å². The van der Waals surface area contributed by atoms with Gasteiger partial charge >= 0.3 is 0 Å². The molecule has 12 heavy (non-hydrogen) atoms. The van der Waals surface area contributed by atoms with E-state index in [2.05, 4.69) is 9.97 Å². The third-order valence-corrected chi connectivity index (χ3v) is 1.26. The van der Waals surface area contributed by atoms with Crippen LogP contribution >= 0.6 is 0 Å². The highest BCUT2D eigenvalue weighted by Crippen LogP contribution is 2.18. The first-order valence-electron chi connectivity index (χ1n) is 3.20. The maximum atomic E-state index is 12.1. The van der Waals surface area contributed by atoms with E-state index in [-0.39, 0.29) is 12.1 Å². The lowest BCUT2D eigenvalue weighted by atomic mass is 10.2. The molecule has 0 saturated carbocycles. The van der Waals surface area contributed by atoms with Gasteiger partial charge in [-0.2, -0.15) is 5.26 Å². The number of halogens is 2. The normalized spacial score (nSPS) is 9.83. The lowest BCUT2D eigenvalue weighted by Gasteiger charge is -2.01. The molecule has 62 valence electrons. The summed E-state index contributed by atoms with van der Waals surface area (Å²) < 4.78 is 24.3. The van der Waals surface area contributed by atoms with Crippen LogP contribution < -0.4 is 0 Å². The Balaban J connectivity index is 3.02. The van der Waals surface area contributed by atoms with E-state index in [0.29, 0.717) is 0 Å². The second-order valence-electron chi connectivity index (χ2n) is 2.02. The maximum Gasteiger partial charge on any atom is 0.282 e. The predicted octanol–water partition coefficient (Wildman–Crippen LogP) is 1.48. The number of alkyl halides is 2. The van der Waals surface area contributed by atoms with Gasteiger partial charge in [-0.05, 0) is 0 Å². The van der Waals surface area contributed by atoms with Crippen LogP contribution in [-0.2, 0) is 6.42 Å². The van der Waals surface area contributed by atoms with Gasteiger partial charge in [0.05, 0.1) is 18.2 Å². The predicted molar refractivity (Wildman–Crippen MR) is 36.3 cm³/mol. The van der Waals surface area contributed by atoms with Gasteiger partial charge < -0.3 is 0 Å². The van der Waals surface area contributed by atoms with Crippen molar-refractivity contribution >= 4 is 0 Å². The van der Waals surface area contributed by atoms with Crippen molar-refractivity contribution in [1.29, 1.82) is 5.26 Å². The van der Waals surface area contributed by atoms with Crippen molar-refractivity contribution in [3.8, 4) is 6.07 Å². The highest BCUT2D eigenvalue weighted by Gasteiger charge is 2.14. The fourth-order valence-electron chi connectivity index (χ4n) is 0.771. The molecule has 1 aromatic rings. The summed E-state index contributed by atoms with van der Waals surface area (Å²) in [5.41, 5.74) is -0.353. The Kier molecular flexibility index (Phi) is 2.64. The monoisotopic (exact) mass is 169 g/mol. The van der Waals surface area contributed by atoms with Crippen LogP contribution in [0.4, 0.5) is 8.78 Å². The number of rotatable bonds is 2. The summed E-state index contributed by atoms with van der Waals surface area (Å²) >= 11 is 0. The Labute approximate surface area is 67.7 Å². The largest absolute Gasteiger partial charge is 0.282 e. The average Bonchev–Trinajstić information content (AvgIpc) is 2.05. The molecular formula is C7H5F2N3. The Morgan fingerprint density at radius 1 is 1.42 bits per heavy atom. The average molecular weight is 169 g/mol. The second kappa shape index (κ2) is 3.72. The first kappa shape index (κ1) is 8.53. The fraction of sp³-hybridized carbons (Fsp3) is 0.286. The molecule has 0 atom stereocenters. The van der Waals surface area contributed by atoms with Gasteiger partial charge in [0.25, 0.3) is 6.43 Å². The second-order valence-corrected chi connectivity index (χ2v) is 2.02. The fourth-order valence-corrected chi connectivity index (χ4v) is 0.771. The van der Waals surface area contributed by atoms with Gasteiger partial charge in [0.2, 0.25) is 0 Å². The van der Waals surface area contributed by atoms with Crippen LogP contribution in [0.2, 0.25) is 0 Å². The molecule has 0 N–H and O–H groups in total. The van der Waals surface area contributed by atoms with Crippen LogP contribution in [0.15, 0.2) is 12.4 Å². The van der Waals surface area contributed by atoms with Gasteiger partial charge in [-0.15, -0.1) is 0 Å². The van der Waals surface area contributed by atoms with Crippen molar-refractivity contribution in [2.45, 2.75) is 12.8 Å². The summed E-state index contributed by atoms with van der Waals surface area (Å²) in [5.74, 6) is 0. The van der Waals surface area contributed by atoms with Crippen LogP contribution in [-0.4, -0.2) is 9.97 Å². The summed E-state index contributed by atoms with van der Waals surface area (Å²) in [7, 11) is 0. The first-order valence-corrected chi connectivity index (χ1v) is 3.20. The lowest BCUT2D eigenvalue weighted by molar-refractivity contribution is 0.144. The van der Waals surface area contributed by atoms with E-state index < -0.39 is 12.1 Å². The van der Waals surface area contributed by atoms with Crippen molar-refractivity contribution in [1.82, 2.24) is 9.97 Å². The molecule has 1 rings (SSSR count). The molecule has 0 amide bonds. The third kappa shape index (κ3) is 1.72. The van der Waals surface area contributed by atoms with Crippen LogP contribution in [0.3, 0.4) is 0 Å². The molecule has 0 aromatic carbocycles. The molecular weight excluding hydrogens is 164 g/mol. The molecule has 0 fully saturated rings. The Hall–Kier alpha value is -1.57. The number of nitriles is 1. The van der Waals surface area contributed by atoms with Crippen LogP contribution in [0.25, 0.3) is 0 Å². The quantitative estimate of drug-likeness (QED) is 0.673. The van der Waals surface area contributed by atoms with Gasteiger partial charge in [-0.25, -0.2) is 8.78 Å². The minimum atomic E-state index is -2.66. The molecule has 0 bridgehead atoms. The van der Waals surface area contributed by atoms with Crippen molar-refractivity contribution in [2.75, 3.05) is 0 Å². The standard InChI is InChI=1S/C7H5F2N3/c8-7(9)6-5(1-2-10)11-3-4-12-6/h3-4,7H,1H2. The molecule has 0 spiro atoms. The third-order valence-electron chi connectivity index (χ3n) is 1.26. The summed E-state index contributed by atoms with van der Waals surface area (Å²) in [5, 5.41) is 8.26. The molecule has 5 heteroatoms. The van der Waals surface area contributed by atoms with E-state index >= 15 is 0 Å². The molecule has 0 aliphatic carbocycles. The van der Waals surface area contributed by atoms with Crippen molar-refractivity contribution < 1.29 is 8.78 Å². The molecule has 0 saturated heterocycles. The summed E-state index contributed by atoms with van der Waals surface area (Å²) in [6.45, 7) is 0. The Morgan fingerprint density at radius 2 is 2.08 bits per heavy atom. The first-order chi connectivity index (χ1) is 5.75. The summed E-state index contributed by atoms with van der Waals surface area (Å²) in [4.78, 5) is 7.06.